The second kappa shape index (κ2) is 14.6. The van der Waals surface area contributed by atoms with Crippen LogP contribution in [0.5, 0.6) is 0 Å². The third kappa shape index (κ3) is 5.66. The Morgan fingerprint density at radius 1 is 0.281 bits per heavy atom. The molecule has 0 unspecified atom stereocenters. The summed E-state index contributed by atoms with van der Waals surface area (Å²) in [5.41, 5.74) is 19.1. The van der Waals surface area contributed by atoms with Crippen molar-refractivity contribution in [1.82, 2.24) is 4.57 Å². The number of rotatable bonds is 7. The largest absolute Gasteiger partial charge is 0.310 e. The Labute approximate surface area is 372 Å². The Bertz CT molecular complexity index is 3780. The average molecular weight is 813 g/mol. The van der Waals surface area contributed by atoms with Crippen LogP contribution in [0.2, 0.25) is 0 Å². The Kier molecular flexibility index (Phi) is 8.25. The van der Waals surface area contributed by atoms with Crippen LogP contribution in [0.25, 0.3) is 105 Å². The molecule has 11 aromatic carbocycles. The highest BCUT2D eigenvalue weighted by atomic mass is 15.1. The Morgan fingerprint density at radius 2 is 0.875 bits per heavy atom. The smallest absolute Gasteiger partial charge is 0.0619 e. The zero-order valence-corrected chi connectivity index (χ0v) is 35.0. The molecule has 0 saturated carbocycles. The lowest BCUT2D eigenvalue weighted by atomic mass is 9.92. The van der Waals surface area contributed by atoms with Gasteiger partial charge in [0, 0.05) is 38.8 Å². The zero-order valence-electron chi connectivity index (χ0n) is 35.0. The van der Waals surface area contributed by atoms with E-state index in [4.69, 9.17) is 0 Å². The highest BCUT2D eigenvalue weighted by Gasteiger charge is 2.25. The molecule has 0 bridgehead atoms. The predicted octanol–water partition coefficient (Wildman–Crippen LogP) is 17.2. The minimum absolute atomic E-state index is 1.09. The molecule has 1 aliphatic carbocycles. The van der Waals surface area contributed by atoms with Crippen molar-refractivity contribution in [2.45, 2.75) is 0 Å². The molecule has 1 aliphatic rings. The lowest BCUT2D eigenvalue weighted by Gasteiger charge is -2.28. The van der Waals surface area contributed by atoms with E-state index in [1.807, 2.05) is 0 Å². The molecule has 13 rings (SSSR count). The molecule has 12 aromatic rings. The summed E-state index contributed by atoms with van der Waals surface area (Å²) < 4.78 is 2.50. The summed E-state index contributed by atoms with van der Waals surface area (Å²) in [6.45, 7) is 0. The van der Waals surface area contributed by atoms with Crippen molar-refractivity contribution < 1.29 is 0 Å². The standard InChI is InChI=1S/C62H40N2/c1-3-17-41(18-4-1)44-22-15-24-46(37-44)63(48-38-45-23-16-30-55-50-26-9-10-27-51(50)58(40-48)61(45)55)47-34-36-52(57(39-47)42-19-5-2-6-20-42)53-28-11-13-31-59(53)64-60-32-14-12-29-54(60)56-35-33-43-21-7-8-25-49(43)62(56)64/h1-40H. The molecule has 0 atom stereocenters. The Balaban J connectivity index is 1.07. The molecule has 1 heterocycles. The van der Waals surface area contributed by atoms with Gasteiger partial charge < -0.3 is 9.47 Å². The van der Waals surface area contributed by atoms with Gasteiger partial charge in [0.05, 0.1) is 16.7 Å². The highest BCUT2D eigenvalue weighted by molar-refractivity contribution is 6.19. The maximum Gasteiger partial charge on any atom is 0.0619 e. The molecule has 64 heavy (non-hydrogen) atoms. The van der Waals surface area contributed by atoms with E-state index in [9.17, 15) is 0 Å². The molecule has 0 aliphatic heterocycles. The van der Waals surface area contributed by atoms with E-state index in [1.165, 1.54) is 93.4 Å². The van der Waals surface area contributed by atoms with Crippen molar-refractivity contribution in [1.29, 1.82) is 0 Å². The number of anilines is 3. The average Bonchev–Trinajstić information content (AvgIpc) is 3.88. The lowest BCUT2D eigenvalue weighted by Crippen LogP contribution is -2.11. The maximum atomic E-state index is 2.50. The lowest BCUT2D eigenvalue weighted by molar-refractivity contribution is 1.19. The number of para-hydroxylation sites is 2. The van der Waals surface area contributed by atoms with Gasteiger partial charge in [0.25, 0.3) is 0 Å². The third-order valence-electron chi connectivity index (χ3n) is 13.3. The molecular formula is C62H40N2. The van der Waals surface area contributed by atoms with Crippen molar-refractivity contribution in [2.75, 3.05) is 4.90 Å². The summed E-state index contributed by atoms with van der Waals surface area (Å²) in [6.07, 6.45) is 0. The van der Waals surface area contributed by atoms with E-state index in [1.54, 1.807) is 0 Å². The number of hydrogen-bond acceptors (Lipinski definition) is 1. The molecule has 1 aromatic heterocycles. The second-order valence-electron chi connectivity index (χ2n) is 16.8. The van der Waals surface area contributed by atoms with Gasteiger partial charge in [-0.2, -0.15) is 0 Å². The molecular weight excluding hydrogens is 773 g/mol. The maximum absolute atomic E-state index is 2.50. The van der Waals surface area contributed by atoms with E-state index in [2.05, 4.69) is 252 Å². The second-order valence-corrected chi connectivity index (χ2v) is 16.8. The first-order valence-electron chi connectivity index (χ1n) is 22.1. The quantitative estimate of drug-likeness (QED) is 0.156. The van der Waals surface area contributed by atoms with Crippen LogP contribution in [-0.2, 0) is 0 Å². The minimum atomic E-state index is 1.09. The number of hydrogen-bond donors (Lipinski definition) is 0. The fraction of sp³-hybridized carbons (Fsp3) is 0. The highest BCUT2D eigenvalue weighted by Crippen LogP contribution is 2.51. The van der Waals surface area contributed by atoms with Crippen LogP contribution in [-0.4, -0.2) is 4.57 Å². The van der Waals surface area contributed by atoms with Crippen LogP contribution in [0.15, 0.2) is 243 Å². The van der Waals surface area contributed by atoms with Crippen LogP contribution in [0.3, 0.4) is 0 Å². The van der Waals surface area contributed by atoms with Gasteiger partial charge in [0.1, 0.15) is 0 Å². The first-order chi connectivity index (χ1) is 31.8. The van der Waals surface area contributed by atoms with E-state index in [0.717, 1.165) is 28.3 Å². The minimum Gasteiger partial charge on any atom is -0.310 e. The molecule has 0 amide bonds. The molecule has 0 spiro atoms. The third-order valence-corrected chi connectivity index (χ3v) is 13.3. The van der Waals surface area contributed by atoms with Crippen LogP contribution in [0.4, 0.5) is 17.1 Å². The van der Waals surface area contributed by atoms with Crippen molar-refractivity contribution in [3.63, 3.8) is 0 Å². The monoisotopic (exact) mass is 812 g/mol. The number of nitrogens with zero attached hydrogens (tertiary/aromatic N) is 2. The number of aromatic nitrogens is 1. The van der Waals surface area contributed by atoms with Crippen molar-refractivity contribution in [3.8, 4) is 61.3 Å². The summed E-state index contributed by atoms with van der Waals surface area (Å²) in [6, 6.07) is 89.1. The first-order valence-corrected chi connectivity index (χ1v) is 22.1. The van der Waals surface area contributed by atoms with Gasteiger partial charge in [-0.3, -0.25) is 0 Å². The molecule has 0 radical (unpaired) electrons. The van der Waals surface area contributed by atoms with Gasteiger partial charge in [-0.25, -0.2) is 0 Å². The number of benzene rings is 11. The van der Waals surface area contributed by atoms with E-state index < -0.39 is 0 Å². The summed E-state index contributed by atoms with van der Waals surface area (Å²) in [5.74, 6) is 0. The van der Waals surface area contributed by atoms with Gasteiger partial charge in [-0.05, 0) is 115 Å². The van der Waals surface area contributed by atoms with Gasteiger partial charge in [-0.15, -0.1) is 0 Å². The van der Waals surface area contributed by atoms with Crippen molar-refractivity contribution in [3.05, 3.63) is 243 Å². The summed E-state index contributed by atoms with van der Waals surface area (Å²) in [4.78, 5) is 2.46. The molecule has 0 fully saturated rings. The van der Waals surface area contributed by atoms with Crippen LogP contribution in [0, 0.1) is 0 Å². The van der Waals surface area contributed by atoms with E-state index in [0.29, 0.717) is 0 Å². The summed E-state index contributed by atoms with van der Waals surface area (Å²) >= 11 is 0. The van der Waals surface area contributed by atoms with Crippen LogP contribution in [0.1, 0.15) is 0 Å². The summed E-state index contributed by atoms with van der Waals surface area (Å²) in [7, 11) is 0. The van der Waals surface area contributed by atoms with Crippen LogP contribution < -0.4 is 4.90 Å². The molecule has 2 nitrogen and oxygen atoms in total. The van der Waals surface area contributed by atoms with E-state index in [-0.39, 0.29) is 0 Å². The topological polar surface area (TPSA) is 8.17 Å². The van der Waals surface area contributed by atoms with Gasteiger partial charge in [-0.1, -0.05) is 194 Å². The van der Waals surface area contributed by atoms with Gasteiger partial charge in [0.2, 0.25) is 0 Å². The zero-order chi connectivity index (χ0) is 42.1. The normalized spacial score (nSPS) is 11.8. The molecule has 0 N–H and O–H groups in total. The van der Waals surface area contributed by atoms with Gasteiger partial charge in [0.15, 0.2) is 0 Å². The fourth-order valence-electron chi connectivity index (χ4n) is 10.5. The SMILES string of the molecule is c1ccc(-c2cccc(N(c3ccc(-c4ccccc4-n4c5ccccc5c5ccc6ccccc6c54)c(-c4ccccc4)c3)c3cc4c5c(cccc5c3)-c3ccccc3-4)c2)cc1. The van der Waals surface area contributed by atoms with Gasteiger partial charge >= 0.3 is 0 Å². The predicted molar refractivity (Wildman–Crippen MR) is 271 cm³/mol. The van der Waals surface area contributed by atoms with Crippen molar-refractivity contribution >= 4 is 60.4 Å². The Hall–Kier alpha value is -8.46. The van der Waals surface area contributed by atoms with E-state index >= 15 is 0 Å². The number of fused-ring (bicyclic) bond motifs is 8. The Morgan fingerprint density at radius 3 is 1.72 bits per heavy atom. The van der Waals surface area contributed by atoms with Crippen molar-refractivity contribution in [2.24, 2.45) is 0 Å². The first kappa shape index (κ1) is 36.2. The molecule has 298 valence electrons. The molecule has 0 saturated heterocycles. The summed E-state index contributed by atoms with van der Waals surface area (Å²) in [5, 5.41) is 7.53. The fourth-order valence-corrected chi connectivity index (χ4v) is 10.5. The van der Waals surface area contributed by atoms with Crippen LogP contribution >= 0.6 is 0 Å². The molecule has 2 heteroatoms.